The van der Waals surface area contributed by atoms with E-state index in [2.05, 4.69) is 33.9 Å². The van der Waals surface area contributed by atoms with Gasteiger partial charge in [0.1, 0.15) is 0 Å². The minimum absolute atomic E-state index is 0.279. The molecule has 0 bridgehead atoms. The van der Waals surface area contributed by atoms with Crippen LogP contribution in [0.5, 0.6) is 0 Å². The summed E-state index contributed by atoms with van der Waals surface area (Å²) < 4.78 is 2.15. The zero-order valence-corrected chi connectivity index (χ0v) is 13.3. The van der Waals surface area contributed by atoms with E-state index in [4.69, 9.17) is 19.8 Å². The van der Waals surface area contributed by atoms with Crippen molar-refractivity contribution in [3.63, 3.8) is 0 Å². The van der Waals surface area contributed by atoms with E-state index in [-0.39, 0.29) is 6.10 Å². The smallest absolute Gasteiger partial charge is 0.414 e. The molecule has 1 aromatic carbocycles. The number of carboxylic acids is 2. The van der Waals surface area contributed by atoms with Crippen molar-refractivity contribution >= 4 is 22.8 Å². The highest BCUT2D eigenvalue weighted by Crippen LogP contribution is 2.16. The third-order valence-electron chi connectivity index (χ3n) is 3.94. The molecular weight excluding hydrogens is 312 g/mol. The van der Waals surface area contributed by atoms with Crippen molar-refractivity contribution in [1.82, 2.24) is 9.47 Å². The quantitative estimate of drug-likeness (QED) is 0.727. The van der Waals surface area contributed by atoms with Gasteiger partial charge in [0, 0.05) is 24.8 Å². The first-order chi connectivity index (χ1) is 11.5. The normalized spacial score (nSPS) is 15.7. The molecule has 0 amide bonds. The van der Waals surface area contributed by atoms with Gasteiger partial charge in [-0.25, -0.2) is 9.59 Å². The number of likely N-dealkylation sites (tertiary alicyclic amines) is 1. The highest BCUT2D eigenvalue weighted by molar-refractivity contribution is 6.27. The minimum Gasteiger partial charge on any atom is -0.473 e. The number of carbonyl (C=O) groups is 2. The number of aromatic nitrogens is 1. The first-order valence-electron chi connectivity index (χ1n) is 7.88. The molecule has 1 fully saturated rings. The second kappa shape index (κ2) is 8.47. The number of fused-ring (bicyclic) bond motifs is 1. The lowest BCUT2D eigenvalue weighted by Gasteiger charge is -2.20. The zero-order valence-electron chi connectivity index (χ0n) is 13.3. The topological polar surface area (TPSA) is 103 Å². The summed E-state index contributed by atoms with van der Waals surface area (Å²) >= 11 is 0. The summed E-state index contributed by atoms with van der Waals surface area (Å²) in [7, 11) is 0. The number of β-amino-alcohol motifs (C(OH)–C–C–N with tert-alkyl or cyclic N) is 1. The van der Waals surface area contributed by atoms with Crippen LogP contribution in [0.1, 0.15) is 12.8 Å². The van der Waals surface area contributed by atoms with Crippen molar-refractivity contribution < 1.29 is 24.9 Å². The van der Waals surface area contributed by atoms with Crippen LogP contribution in [0.15, 0.2) is 36.5 Å². The number of carboxylic acid groups (broad SMARTS) is 2. The summed E-state index contributed by atoms with van der Waals surface area (Å²) in [5.74, 6) is -3.65. The van der Waals surface area contributed by atoms with E-state index in [1.54, 1.807) is 0 Å². The Hall–Kier alpha value is -2.38. The fourth-order valence-electron chi connectivity index (χ4n) is 2.85. The number of aliphatic carboxylic acids is 2. The average Bonchev–Trinajstić information content (AvgIpc) is 3.18. The molecule has 1 aliphatic heterocycles. The third kappa shape index (κ3) is 5.07. The number of aliphatic hydroxyl groups is 1. The molecule has 1 aliphatic rings. The minimum atomic E-state index is -1.82. The van der Waals surface area contributed by atoms with Crippen molar-refractivity contribution in [2.45, 2.75) is 25.5 Å². The Bertz CT molecular complexity index is 679. The summed E-state index contributed by atoms with van der Waals surface area (Å²) in [5.41, 5.74) is 1.21. The molecule has 0 radical (unpaired) electrons. The van der Waals surface area contributed by atoms with Gasteiger partial charge in [0.2, 0.25) is 0 Å². The number of para-hydroxylation sites is 1. The van der Waals surface area contributed by atoms with Gasteiger partial charge in [-0.3, -0.25) is 0 Å². The van der Waals surface area contributed by atoms with Crippen molar-refractivity contribution in [2.24, 2.45) is 0 Å². The third-order valence-corrected chi connectivity index (χ3v) is 3.94. The fraction of sp³-hybridized carbons (Fsp3) is 0.412. The van der Waals surface area contributed by atoms with Crippen molar-refractivity contribution in [3.8, 4) is 0 Å². The molecule has 1 aromatic heterocycles. The van der Waals surface area contributed by atoms with Crippen LogP contribution in [-0.2, 0) is 16.1 Å². The van der Waals surface area contributed by atoms with Crippen LogP contribution in [0.2, 0.25) is 0 Å². The van der Waals surface area contributed by atoms with Crippen LogP contribution in [0.25, 0.3) is 10.9 Å². The predicted octanol–water partition coefficient (Wildman–Crippen LogP) is 1.25. The van der Waals surface area contributed by atoms with E-state index in [0.29, 0.717) is 6.54 Å². The van der Waals surface area contributed by atoms with E-state index in [1.807, 2.05) is 12.1 Å². The van der Waals surface area contributed by atoms with E-state index >= 15 is 0 Å². The molecule has 7 heteroatoms. The summed E-state index contributed by atoms with van der Waals surface area (Å²) in [6.45, 7) is 3.77. The predicted molar refractivity (Wildman–Crippen MR) is 88.9 cm³/mol. The molecule has 2 heterocycles. The first-order valence-corrected chi connectivity index (χ1v) is 7.88. The van der Waals surface area contributed by atoms with Crippen LogP contribution in [-0.4, -0.2) is 62.5 Å². The van der Waals surface area contributed by atoms with Crippen LogP contribution < -0.4 is 0 Å². The van der Waals surface area contributed by atoms with Crippen LogP contribution in [0.4, 0.5) is 0 Å². The maximum Gasteiger partial charge on any atom is 0.414 e. The Kier molecular flexibility index (Phi) is 6.34. The van der Waals surface area contributed by atoms with Gasteiger partial charge in [0.25, 0.3) is 0 Å². The molecule has 0 saturated carbocycles. The summed E-state index contributed by atoms with van der Waals surface area (Å²) in [6.07, 6.45) is 4.34. The Morgan fingerprint density at radius 3 is 2.25 bits per heavy atom. The Morgan fingerprint density at radius 2 is 1.62 bits per heavy atom. The number of aliphatic hydroxyl groups excluding tert-OH is 1. The maximum atomic E-state index is 10.2. The van der Waals surface area contributed by atoms with Crippen molar-refractivity contribution in [3.05, 3.63) is 36.5 Å². The fourth-order valence-corrected chi connectivity index (χ4v) is 2.85. The van der Waals surface area contributed by atoms with Crippen molar-refractivity contribution in [2.75, 3.05) is 19.6 Å². The van der Waals surface area contributed by atoms with Gasteiger partial charge in [-0.15, -0.1) is 0 Å². The summed E-state index contributed by atoms with van der Waals surface area (Å²) in [6, 6.07) is 10.4. The van der Waals surface area contributed by atoms with Gasteiger partial charge < -0.3 is 24.8 Å². The standard InChI is InChI=1S/C15H20N2O.C2H2O4/c18-14(11-16-8-3-4-9-16)12-17-10-7-13-5-1-2-6-15(13)17;3-1(4)2(5)6/h1-2,5-7,10,14,18H,3-4,8-9,11-12H2;(H,3,4)(H,5,6). The summed E-state index contributed by atoms with van der Waals surface area (Å²) in [5, 5.41) is 26.2. The number of hydrogen-bond donors (Lipinski definition) is 3. The summed E-state index contributed by atoms with van der Waals surface area (Å²) in [4.78, 5) is 20.6. The van der Waals surface area contributed by atoms with Gasteiger partial charge in [-0.1, -0.05) is 18.2 Å². The van der Waals surface area contributed by atoms with E-state index < -0.39 is 11.9 Å². The second-order valence-electron chi connectivity index (χ2n) is 5.80. The van der Waals surface area contributed by atoms with Gasteiger partial charge in [-0.05, 0) is 43.5 Å². The monoisotopic (exact) mass is 334 g/mol. The Labute approximate surface area is 139 Å². The maximum absolute atomic E-state index is 10.2. The zero-order chi connectivity index (χ0) is 17.5. The molecule has 24 heavy (non-hydrogen) atoms. The molecule has 130 valence electrons. The molecule has 1 atom stereocenters. The van der Waals surface area contributed by atoms with Gasteiger partial charge >= 0.3 is 11.9 Å². The van der Waals surface area contributed by atoms with Gasteiger partial charge in [0.05, 0.1) is 6.10 Å². The molecule has 0 spiro atoms. The van der Waals surface area contributed by atoms with Crippen LogP contribution in [0, 0.1) is 0 Å². The van der Waals surface area contributed by atoms with Crippen LogP contribution >= 0.6 is 0 Å². The van der Waals surface area contributed by atoms with E-state index in [9.17, 15) is 5.11 Å². The highest BCUT2D eigenvalue weighted by atomic mass is 16.4. The van der Waals surface area contributed by atoms with Crippen LogP contribution in [0.3, 0.4) is 0 Å². The second-order valence-corrected chi connectivity index (χ2v) is 5.80. The Balaban J connectivity index is 0.000000301. The molecular formula is C17H22N2O5. The number of hydrogen-bond acceptors (Lipinski definition) is 4. The lowest BCUT2D eigenvalue weighted by atomic mass is 10.2. The number of nitrogens with zero attached hydrogens (tertiary/aromatic N) is 2. The number of rotatable bonds is 4. The molecule has 0 aliphatic carbocycles. The average molecular weight is 334 g/mol. The molecule has 3 N–H and O–H groups in total. The van der Waals surface area contributed by atoms with Crippen molar-refractivity contribution in [1.29, 1.82) is 0 Å². The SMILES string of the molecule is O=C(O)C(=O)O.OC(CN1CCCC1)Cn1ccc2ccccc21. The van der Waals surface area contributed by atoms with Gasteiger partial charge in [-0.2, -0.15) is 0 Å². The molecule has 1 unspecified atom stereocenters. The Morgan fingerprint density at radius 1 is 1.00 bits per heavy atom. The first kappa shape index (κ1) is 18.0. The molecule has 2 aromatic rings. The molecule has 1 saturated heterocycles. The lowest BCUT2D eigenvalue weighted by Crippen LogP contribution is -2.32. The molecule has 3 rings (SSSR count). The van der Waals surface area contributed by atoms with E-state index in [1.165, 1.54) is 23.7 Å². The molecule has 7 nitrogen and oxygen atoms in total. The highest BCUT2D eigenvalue weighted by Gasteiger charge is 2.16. The number of benzene rings is 1. The van der Waals surface area contributed by atoms with E-state index in [0.717, 1.165) is 19.6 Å². The lowest BCUT2D eigenvalue weighted by molar-refractivity contribution is -0.159. The van der Waals surface area contributed by atoms with Gasteiger partial charge in [0.15, 0.2) is 0 Å². The largest absolute Gasteiger partial charge is 0.473 e.